The number of rotatable bonds is 8. The predicted octanol–water partition coefficient (Wildman–Crippen LogP) is 0.632. The first-order valence-corrected chi connectivity index (χ1v) is 5.13. The molecule has 0 aromatic rings. The first-order valence-electron chi connectivity index (χ1n) is 5.13. The van der Waals surface area contributed by atoms with Gasteiger partial charge in [-0.3, -0.25) is 0 Å². The molecule has 0 aliphatic heterocycles. The minimum absolute atomic E-state index is 0.428. The highest BCUT2D eigenvalue weighted by molar-refractivity contribution is 4.98. The van der Waals surface area contributed by atoms with Crippen LogP contribution in [-0.2, 0) is 9.68 Å². The Morgan fingerprint density at radius 1 is 1.11 bits per heavy atom. The molecule has 0 aliphatic rings. The van der Waals surface area contributed by atoms with Crippen LogP contribution in [0.3, 0.4) is 0 Å². The van der Waals surface area contributed by atoms with E-state index in [-0.39, 0.29) is 0 Å². The predicted molar refractivity (Wildman–Crippen MR) is 59.2 cm³/mol. The van der Waals surface area contributed by atoms with Gasteiger partial charge in [0.25, 0.3) is 10.2 Å². The van der Waals surface area contributed by atoms with Crippen LogP contribution < -0.4 is 0 Å². The Morgan fingerprint density at radius 3 is 1.72 bits per heavy atom. The van der Waals surface area contributed by atoms with Crippen molar-refractivity contribution in [1.82, 2.24) is 0 Å². The summed E-state index contributed by atoms with van der Waals surface area (Å²) >= 11 is 0. The topological polar surface area (TPSA) is 125 Å². The Balaban J connectivity index is 4.81. The first kappa shape index (κ1) is 16.4. The highest BCUT2D eigenvalue weighted by atomic mass is 17.0. The van der Waals surface area contributed by atoms with Crippen LogP contribution >= 0.6 is 0 Å². The summed E-state index contributed by atoms with van der Waals surface area (Å²) in [4.78, 5) is 28.8. The van der Waals surface area contributed by atoms with E-state index in [0.29, 0.717) is 0 Å². The minimum Gasteiger partial charge on any atom is -0.396 e. The van der Waals surface area contributed by atoms with Gasteiger partial charge in [-0.25, -0.2) is 0 Å². The first-order chi connectivity index (χ1) is 8.10. The smallest absolute Gasteiger partial charge is 0.294 e. The van der Waals surface area contributed by atoms with Crippen molar-refractivity contribution >= 4 is 0 Å². The maximum absolute atomic E-state index is 10.2. The van der Waals surface area contributed by atoms with Gasteiger partial charge < -0.3 is 14.8 Å². The summed E-state index contributed by atoms with van der Waals surface area (Å²) in [6.45, 7) is 3.77. The van der Waals surface area contributed by atoms with Gasteiger partial charge in [-0.05, 0) is 11.8 Å². The normalized spacial score (nSPS) is 12.0. The molecule has 18 heavy (non-hydrogen) atoms. The molecule has 0 saturated heterocycles. The number of aliphatic hydroxyl groups excluding tert-OH is 1. The number of hydrogen-bond acceptors (Lipinski definition) is 7. The number of nitrogens with zero attached hydrogens (tertiary/aromatic N) is 2. The molecule has 0 rings (SSSR count). The maximum Gasteiger partial charge on any atom is 0.294 e. The van der Waals surface area contributed by atoms with Crippen molar-refractivity contribution < 1.29 is 25.0 Å². The lowest BCUT2D eigenvalue weighted by Gasteiger charge is -2.35. The third-order valence-corrected chi connectivity index (χ3v) is 1.97. The molecule has 0 bridgehead atoms. The summed E-state index contributed by atoms with van der Waals surface area (Å²) < 4.78 is 0. The summed E-state index contributed by atoms with van der Waals surface area (Å²) in [5.41, 5.74) is -1.74. The molecule has 1 N–H and O–H groups in total. The Labute approximate surface area is 104 Å². The van der Waals surface area contributed by atoms with Gasteiger partial charge in [0, 0.05) is 5.41 Å². The SMILES string of the molecule is CC(C)(C)[CH]C(CO)(CO[N+](=O)[O-])CO[N+](=O)[O-]. The van der Waals surface area contributed by atoms with Gasteiger partial charge in [-0.1, -0.05) is 20.8 Å². The van der Waals surface area contributed by atoms with E-state index in [0.717, 1.165) is 0 Å². The molecule has 0 atom stereocenters. The van der Waals surface area contributed by atoms with Gasteiger partial charge in [0.15, 0.2) is 0 Å². The molecular weight excluding hydrogens is 248 g/mol. The zero-order valence-electron chi connectivity index (χ0n) is 10.5. The van der Waals surface area contributed by atoms with Crippen LogP contribution in [0.2, 0.25) is 0 Å². The lowest BCUT2D eigenvalue weighted by Crippen LogP contribution is -2.41. The molecule has 0 heterocycles. The van der Waals surface area contributed by atoms with Gasteiger partial charge in [-0.15, -0.1) is 20.2 Å². The van der Waals surface area contributed by atoms with Crippen LogP contribution in [0.1, 0.15) is 20.8 Å². The van der Waals surface area contributed by atoms with E-state index >= 15 is 0 Å². The molecule has 0 spiro atoms. The minimum atomic E-state index is -1.31. The van der Waals surface area contributed by atoms with Crippen LogP contribution in [0.5, 0.6) is 0 Å². The Hall–Kier alpha value is -1.64. The Bertz CT molecular complexity index is 282. The maximum atomic E-state index is 10.2. The molecule has 0 fully saturated rings. The zero-order valence-corrected chi connectivity index (χ0v) is 10.5. The van der Waals surface area contributed by atoms with Crippen molar-refractivity contribution in [1.29, 1.82) is 0 Å². The van der Waals surface area contributed by atoms with Crippen molar-refractivity contribution in [2.45, 2.75) is 20.8 Å². The van der Waals surface area contributed by atoms with Crippen LogP contribution in [0.15, 0.2) is 0 Å². The van der Waals surface area contributed by atoms with Gasteiger partial charge in [0.1, 0.15) is 13.2 Å². The third-order valence-electron chi connectivity index (χ3n) is 1.97. The van der Waals surface area contributed by atoms with E-state index in [1.165, 1.54) is 0 Å². The quantitative estimate of drug-likeness (QED) is 0.504. The molecule has 0 unspecified atom stereocenters. The van der Waals surface area contributed by atoms with E-state index in [9.17, 15) is 25.3 Å². The molecule has 0 amide bonds. The standard InChI is InChI=1S/C9H17N2O7/c1-8(2,3)4-9(5-12,6-17-10(13)14)7-18-11(15)16/h4,12H,5-7H2,1-3H3. The fraction of sp³-hybridized carbons (Fsp3) is 0.889. The van der Waals surface area contributed by atoms with Gasteiger partial charge in [0.05, 0.1) is 6.61 Å². The Kier molecular flexibility index (Phi) is 5.76. The molecule has 0 aliphatic carbocycles. The summed E-state index contributed by atoms with van der Waals surface area (Å²) in [6, 6.07) is 0. The largest absolute Gasteiger partial charge is 0.396 e. The average Bonchev–Trinajstić information content (AvgIpc) is 2.20. The number of aliphatic hydroxyl groups is 1. The van der Waals surface area contributed by atoms with Crippen LogP contribution in [0.4, 0.5) is 0 Å². The van der Waals surface area contributed by atoms with Crippen molar-refractivity contribution in [3.63, 3.8) is 0 Å². The van der Waals surface area contributed by atoms with E-state index in [4.69, 9.17) is 0 Å². The molecule has 105 valence electrons. The molecule has 9 heteroatoms. The highest BCUT2D eigenvalue weighted by Gasteiger charge is 2.37. The van der Waals surface area contributed by atoms with E-state index in [2.05, 4.69) is 9.68 Å². The van der Waals surface area contributed by atoms with Gasteiger partial charge >= 0.3 is 0 Å². The monoisotopic (exact) mass is 265 g/mol. The molecular formula is C9H17N2O7. The molecule has 0 saturated carbocycles. The summed E-state index contributed by atoms with van der Waals surface area (Å²) in [7, 11) is 0. The fourth-order valence-electron chi connectivity index (χ4n) is 1.54. The number of hydrogen-bond donors (Lipinski definition) is 1. The average molecular weight is 265 g/mol. The fourth-order valence-corrected chi connectivity index (χ4v) is 1.54. The third kappa shape index (κ3) is 6.84. The molecule has 9 nitrogen and oxygen atoms in total. The van der Waals surface area contributed by atoms with E-state index in [1.807, 2.05) is 0 Å². The van der Waals surface area contributed by atoms with Crippen molar-refractivity contribution in [2.24, 2.45) is 10.8 Å². The van der Waals surface area contributed by atoms with Crippen molar-refractivity contribution in [3.8, 4) is 0 Å². The second-order valence-corrected chi connectivity index (χ2v) is 5.02. The molecule has 1 radical (unpaired) electrons. The highest BCUT2D eigenvalue weighted by Crippen LogP contribution is 2.33. The second kappa shape index (κ2) is 6.34. The van der Waals surface area contributed by atoms with Gasteiger partial charge in [-0.2, -0.15) is 0 Å². The van der Waals surface area contributed by atoms with Gasteiger partial charge in [0.2, 0.25) is 0 Å². The van der Waals surface area contributed by atoms with Crippen molar-refractivity contribution in [2.75, 3.05) is 19.8 Å². The summed E-state index contributed by atoms with van der Waals surface area (Å²) in [6.07, 6.45) is 1.55. The lowest BCUT2D eigenvalue weighted by molar-refractivity contribution is -0.771. The van der Waals surface area contributed by atoms with E-state index in [1.54, 1.807) is 27.2 Å². The van der Waals surface area contributed by atoms with Crippen LogP contribution in [0.25, 0.3) is 0 Å². The van der Waals surface area contributed by atoms with E-state index < -0.39 is 40.8 Å². The molecule has 0 aromatic heterocycles. The summed E-state index contributed by atoms with van der Waals surface area (Å²) in [5, 5.41) is 27.6. The lowest BCUT2D eigenvalue weighted by atomic mass is 9.75. The zero-order chi connectivity index (χ0) is 14.4. The van der Waals surface area contributed by atoms with Crippen LogP contribution in [-0.4, -0.2) is 35.1 Å². The second-order valence-electron chi connectivity index (χ2n) is 5.02. The molecule has 0 aromatic carbocycles. The van der Waals surface area contributed by atoms with Crippen LogP contribution in [0, 0.1) is 37.5 Å². The van der Waals surface area contributed by atoms with Crippen molar-refractivity contribution in [3.05, 3.63) is 26.6 Å². The summed E-state index contributed by atoms with van der Waals surface area (Å²) in [5.74, 6) is 0. The Morgan fingerprint density at radius 2 is 1.50 bits per heavy atom.